The molecule has 0 atom stereocenters. The summed E-state index contributed by atoms with van der Waals surface area (Å²) < 4.78 is 0. The molecule has 1 saturated heterocycles. The van der Waals surface area contributed by atoms with Crippen LogP contribution < -0.4 is 5.32 Å². The Bertz CT molecular complexity index is 221. The van der Waals surface area contributed by atoms with E-state index in [0.29, 0.717) is 0 Å². The van der Waals surface area contributed by atoms with Gasteiger partial charge in [0.15, 0.2) is 0 Å². The maximum atomic E-state index is 5.89. The van der Waals surface area contributed by atoms with Crippen LogP contribution in [0.2, 0.25) is 0 Å². The third-order valence-corrected chi connectivity index (χ3v) is 2.21. The highest BCUT2D eigenvalue weighted by molar-refractivity contribution is 6.21. The van der Waals surface area contributed by atoms with Crippen LogP contribution in [0, 0.1) is 0 Å². The summed E-state index contributed by atoms with van der Waals surface area (Å²) in [5.74, 6) is 0. The molecule has 3 heteroatoms. The zero-order chi connectivity index (χ0) is 9.68. The molecule has 1 aliphatic heterocycles. The number of hydrogen-bond acceptors (Lipinski definition) is 2. The van der Waals surface area contributed by atoms with Gasteiger partial charge in [0, 0.05) is 25.3 Å². The smallest absolute Gasteiger partial charge is 0.138 e. The fourth-order valence-electron chi connectivity index (χ4n) is 1.52. The average Bonchev–Trinajstić information content (AvgIpc) is 2.18. The second-order valence-corrected chi connectivity index (χ2v) is 3.15. The first kappa shape index (κ1) is 10.4. The lowest BCUT2D eigenvalue weighted by Crippen LogP contribution is -2.41. The van der Waals surface area contributed by atoms with E-state index in [1.807, 2.05) is 13.0 Å². The highest BCUT2D eigenvalue weighted by Crippen LogP contribution is 2.13. The van der Waals surface area contributed by atoms with Crippen LogP contribution in [0.4, 0.5) is 0 Å². The van der Waals surface area contributed by atoms with Crippen molar-refractivity contribution in [2.24, 2.45) is 0 Å². The Hall–Kier alpha value is -0.695. The quantitative estimate of drug-likeness (QED) is 0.636. The van der Waals surface area contributed by atoms with Crippen LogP contribution in [0.15, 0.2) is 23.4 Å². The third-order valence-electron chi connectivity index (χ3n) is 2.21. The van der Waals surface area contributed by atoms with Crippen molar-refractivity contribution in [2.45, 2.75) is 20.3 Å². The Balaban J connectivity index is 2.73. The minimum Gasteiger partial charge on any atom is -0.357 e. The molecule has 70 valence electrons. The molecular weight excluding hydrogens is 159 g/mol. The van der Waals surface area contributed by atoms with Gasteiger partial charge in [-0.3, -0.25) is 0 Å². The van der Waals surface area contributed by atoms with E-state index in [0.717, 1.165) is 31.7 Å². The SMILES string of the molecule is [B]/C(=C/C)N1CCNC/C1=C/CC. The van der Waals surface area contributed by atoms with E-state index in [1.54, 1.807) is 0 Å². The normalized spacial score (nSPS) is 22.5. The molecular formula is C10H17BN2. The summed E-state index contributed by atoms with van der Waals surface area (Å²) in [4.78, 5) is 2.18. The first-order valence-electron chi connectivity index (χ1n) is 4.88. The fourth-order valence-corrected chi connectivity index (χ4v) is 1.52. The molecule has 0 aromatic carbocycles. The zero-order valence-corrected chi connectivity index (χ0v) is 8.51. The summed E-state index contributed by atoms with van der Waals surface area (Å²) in [5, 5.41) is 3.34. The van der Waals surface area contributed by atoms with Gasteiger partial charge in [-0.25, -0.2) is 0 Å². The van der Waals surface area contributed by atoms with Gasteiger partial charge < -0.3 is 10.2 Å². The van der Waals surface area contributed by atoms with E-state index < -0.39 is 0 Å². The van der Waals surface area contributed by atoms with Crippen LogP contribution in [0.5, 0.6) is 0 Å². The molecule has 0 spiro atoms. The number of rotatable bonds is 2. The summed E-state index contributed by atoms with van der Waals surface area (Å²) >= 11 is 0. The molecule has 0 aromatic rings. The lowest BCUT2D eigenvalue weighted by Gasteiger charge is -2.33. The molecule has 0 aromatic heterocycles. The van der Waals surface area contributed by atoms with E-state index in [-0.39, 0.29) is 0 Å². The minimum absolute atomic E-state index is 0.862. The van der Waals surface area contributed by atoms with Crippen LogP contribution in [-0.4, -0.2) is 32.4 Å². The summed E-state index contributed by atoms with van der Waals surface area (Å²) in [5.41, 5.74) is 2.16. The van der Waals surface area contributed by atoms with Gasteiger partial charge in [0.2, 0.25) is 0 Å². The predicted molar refractivity (Wildman–Crippen MR) is 57.5 cm³/mol. The van der Waals surface area contributed by atoms with Gasteiger partial charge in [-0.2, -0.15) is 0 Å². The first-order chi connectivity index (χ1) is 6.29. The van der Waals surface area contributed by atoms with E-state index in [4.69, 9.17) is 7.85 Å². The molecule has 1 fully saturated rings. The zero-order valence-electron chi connectivity index (χ0n) is 8.51. The van der Waals surface area contributed by atoms with Gasteiger partial charge >= 0.3 is 0 Å². The molecule has 0 unspecified atom stereocenters. The molecule has 2 nitrogen and oxygen atoms in total. The van der Waals surface area contributed by atoms with Gasteiger partial charge in [0.25, 0.3) is 0 Å². The van der Waals surface area contributed by atoms with Crippen LogP contribution in [-0.2, 0) is 0 Å². The van der Waals surface area contributed by atoms with Gasteiger partial charge in [-0.05, 0) is 18.9 Å². The lowest BCUT2D eigenvalue weighted by atomic mass is 10.0. The number of nitrogens with zero attached hydrogens (tertiary/aromatic N) is 1. The van der Waals surface area contributed by atoms with Crippen molar-refractivity contribution >= 4 is 7.85 Å². The molecule has 1 rings (SSSR count). The Labute approximate surface area is 82.1 Å². The molecule has 0 amide bonds. The molecule has 1 heterocycles. The minimum atomic E-state index is 0.862. The van der Waals surface area contributed by atoms with Crippen molar-refractivity contribution in [2.75, 3.05) is 19.6 Å². The lowest BCUT2D eigenvalue weighted by molar-refractivity contribution is 0.381. The van der Waals surface area contributed by atoms with Crippen LogP contribution in [0.1, 0.15) is 20.3 Å². The largest absolute Gasteiger partial charge is 0.357 e. The van der Waals surface area contributed by atoms with Crippen molar-refractivity contribution in [1.29, 1.82) is 0 Å². The highest BCUT2D eigenvalue weighted by atomic mass is 15.2. The molecule has 1 aliphatic rings. The van der Waals surface area contributed by atoms with Crippen molar-refractivity contribution in [3.63, 3.8) is 0 Å². The van der Waals surface area contributed by atoms with E-state index >= 15 is 0 Å². The van der Waals surface area contributed by atoms with Gasteiger partial charge in [0.05, 0.1) is 0 Å². The number of hydrogen-bond donors (Lipinski definition) is 1. The summed E-state index contributed by atoms with van der Waals surface area (Å²) in [6, 6.07) is 0. The summed E-state index contributed by atoms with van der Waals surface area (Å²) in [7, 11) is 5.89. The van der Waals surface area contributed by atoms with Crippen molar-refractivity contribution in [3.8, 4) is 0 Å². The molecule has 1 N–H and O–H groups in total. The molecule has 0 bridgehead atoms. The average molecular weight is 176 g/mol. The van der Waals surface area contributed by atoms with Gasteiger partial charge in [-0.15, -0.1) is 0 Å². The Kier molecular flexibility index (Phi) is 4.09. The van der Waals surface area contributed by atoms with E-state index in [1.165, 1.54) is 5.70 Å². The maximum absolute atomic E-state index is 5.89. The number of nitrogens with one attached hydrogen (secondary N) is 1. The van der Waals surface area contributed by atoms with Crippen LogP contribution in [0.3, 0.4) is 0 Å². The van der Waals surface area contributed by atoms with Crippen molar-refractivity contribution < 1.29 is 0 Å². The highest BCUT2D eigenvalue weighted by Gasteiger charge is 2.13. The molecule has 13 heavy (non-hydrogen) atoms. The monoisotopic (exact) mass is 176 g/mol. The molecule has 0 saturated carbocycles. The fraction of sp³-hybridized carbons (Fsp3) is 0.600. The van der Waals surface area contributed by atoms with Crippen LogP contribution >= 0.6 is 0 Å². The second kappa shape index (κ2) is 5.13. The summed E-state index contributed by atoms with van der Waals surface area (Å²) in [6.07, 6.45) is 5.24. The molecule has 0 aliphatic carbocycles. The molecule has 2 radical (unpaired) electrons. The Morgan fingerprint density at radius 1 is 1.69 bits per heavy atom. The first-order valence-corrected chi connectivity index (χ1v) is 4.88. The van der Waals surface area contributed by atoms with E-state index in [2.05, 4.69) is 23.2 Å². The van der Waals surface area contributed by atoms with Crippen molar-refractivity contribution in [3.05, 3.63) is 23.4 Å². The Morgan fingerprint density at radius 2 is 2.46 bits per heavy atom. The number of piperazine rings is 1. The maximum Gasteiger partial charge on any atom is 0.138 e. The predicted octanol–water partition coefficient (Wildman–Crippen LogP) is 1.22. The summed E-state index contributed by atoms with van der Waals surface area (Å²) in [6.45, 7) is 7.03. The van der Waals surface area contributed by atoms with E-state index in [9.17, 15) is 0 Å². The standard InChI is InChI=1S/C10H17BN2/c1-3-5-9-8-12-6-7-13(9)10(11)4-2/h4-5,12H,3,6-8H2,1-2H3/b9-5-,10-4-. The third kappa shape index (κ3) is 2.63. The van der Waals surface area contributed by atoms with Gasteiger partial charge in [-0.1, -0.05) is 19.1 Å². The van der Waals surface area contributed by atoms with Gasteiger partial charge in [0.1, 0.15) is 7.85 Å². The Morgan fingerprint density at radius 3 is 3.08 bits per heavy atom. The second-order valence-electron chi connectivity index (χ2n) is 3.15. The van der Waals surface area contributed by atoms with Crippen molar-refractivity contribution in [1.82, 2.24) is 10.2 Å². The number of allylic oxidation sites excluding steroid dienone is 2. The topological polar surface area (TPSA) is 15.3 Å². The van der Waals surface area contributed by atoms with Crippen LogP contribution in [0.25, 0.3) is 0 Å².